The van der Waals surface area contributed by atoms with Crippen molar-refractivity contribution in [1.29, 1.82) is 0 Å². The number of aryl methyl sites for hydroxylation is 1. The van der Waals surface area contributed by atoms with Gasteiger partial charge in [-0.25, -0.2) is 8.42 Å². The molecule has 2 aliphatic heterocycles. The summed E-state index contributed by atoms with van der Waals surface area (Å²) in [5.41, 5.74) is 3.13. The van der Waals surface area contributed by atoms with E-state index in [-0.39, 0.29) is 18.4 Å². The van der Waals surface area contributed by atoms with Gasteiger partial charge in [0.15, 0.2) is 0 Å². The zero-order valence-corrected chi connectivity index (χ0v) is 20.3. The van der Waals surface area contributed by atoms with E-state index in [4.69, 9.17) is 0 Å². The fourth-order valence-corrected chi connectivity index (χ4v) is 7.54. The number of thiophene rings is 1. The van der Waals surface area contributed by atoms with E-state index < -0.39 is 10.0 Å². The minimum absolute atomic E-state index is 0.0801. The molecule has 9 heteroatoms. The Hall–Kier alpha value is -2.49. The first-order chi connectivity index (χ1) is 15.9. The highest BCUT2D eigenvalue weighted by Gasteiger charge is 2.36. The minimum Gasteiger partial charge on any atom is -0.367 e. The number of hydrogen-bond donors (Lipinski definition) is 0. The lowest BCUT2D eigenvalue weighted by Crippen LogP contribution is -2.53. The first-order valence-corrected chi connectivity index (χ1v) is 13.7. The van der Waals surface area contributed by atoms with Gasteiger partial charge in [0, 0.05) is 56.0 Å². The van der Waals surface area contributed by atoms with E-state index in [1.54, 1.807) is 17.5 Å². The number of nitrogens with zero attached hydrogens (tertiary/aromatic N) is 4. The quantitative estimate of drug-likeness (QED) is 0.568. The van der Waals surface area contributed by atoms with Crippen molar-refractivity contribution < 1.29 is 13.2 Å². The molecule has 2 saturated heterocycles. The number of fused-ring (bicyclic) bond motifs is 1. The summed E-state index contributed by atoms with van der Waals surface area (Å²) in [6, 6.07) is 13.7. The molecule has 0 spiro atoms. The summed E-state index contributed by atoms with van der Waals surface area (Å²) >= 11 is 1.23. The van der Waals surface area contributed by atoms with Crippen LogP contribution in [0.15, 0.2) is 52.1 Å². The smallest absolute Gasteiger partial charge is 0.252 e. The molecule has 1 amide bonds. The van der Waals surface area contributed by atoms with Gasteiger partial charge in [0.1, 0.15) is 4.21 Å². The van der Waals surface area contributed by atoms with Crippen molar-refractivity contribution in [3.63, 3.8) is 0 Å². The Kier molecular flexibility index (Phi) is 6.11. The van der Waals surface area contributed by atoms with Crippen molar-refractivity contribution in [2.45, 2.75) is 24.0 Å². The summed E-state index contributed by atoms with van der Waals surface area (Å²) in [5.74, 6) is -0.194. The molecule has 0 bridgehead atoms. The molecule has 2 aliphatic rings. The number of amides is 1. The SMILES string of the molecule is Cc1cc(N2CCN(C(=O)C3CCCN(S(=O)(=O)c4cccs4)C3)CC2)c2ccccc2n1. The summed E-state index contributed by atoms with van der Waals surface area (Å²) in [6.07, 6.45) is 1.45. The van der Waals surface area contributed by atoms with Gasteiger partial charge in [0.05, 0.1) is 11.4 Å². The fourth-order valence-electron chi connectivity index (χ4n) is 4.87. The largest absolute Gasteiger partial charge is 0.367 e. The predicted octanol–water partition coefficient (Wildman–Crippen LogP) is 3.35. The predicted molar refractivity (Wildman–Crippen MR) is 131 cm³/mol. The molecule has 2 aromatic heterocycles. The summed E-state index contributed by atoms with van der Waals surface area (Å²) in [4.78, 5) is 22.2. The molecule has 0 radical (unpaired) electrons. The summed E-state index contributed by atoms with van der Waals surface area (Å²) in [5, 5.41) is 2.90. The molecule has 33 heavy (non-hydrogen) atoms. The van der Waals surface area contributed by atoms with Crippen molar-refractivity contribution in [3.05, 3.63) is 53.5 Å². The van der Waals surface area contributed by atoms with Gasteiger partial charge in [0.2, 0.25) is 5.91 Å². The molecule has 1 aromatic carbocycles. The highest BCUT2D eigenvalue weighted by atomic mass is 32.2. The van der Waals surface area contributed by atoms with Crippen molar-refractivity contribution in [2.75, 3.05) is 44.2 Å². The average Bonchev–Trinajstić information content (AvgIpc) is 3.39. The van der Waals surface area contributed by atoms with Crippen LogP contribution in [-0.2, 0) is 14.8 Å². The molecule has 174 valence electrons. The Bertz CT molecular complexity index is 1250. The Balaban J connectivity index is 1.26. The number of carbonyl (C=O) groups excluding carboxylic acids is 1. The number of aromatic nitrogens is 1. The monoisotopic (exact) mass is 484 g/mol. The lowest BCUT2D eigenvalue weighted by Gasteiger charge is -2.39. The van der Waals surface area contributed by atoms with Crippen molar-refractivity contribution in [1.82, 2.24) is 14.2 Å². The number of hydrogen-bond acceptors (Lipinski definition) is 6. The number of piperazine rings is 1. The van der Waals surface area contributed by atoms with Crippen LogP contribution >= 0.6 is 11.3 Å². The van der Waals surface area contributed by atoms with Crippen LogP contribution in [0.1, 0.15) is 18.5 Å². The lowest BCUT2D eigenvalue weighted by atomic mass is 9.97. The van der Waals surface area contributed by atoms with Gasteiger partial charge in [0.25, 0.3) is 10.0 Å². The molecular weight excluding hydrogens is 456 g/mol. The van der Waals surface area contributed by atoms with Gasteiger partial charge in [-0.15, -0.1) is 11.3 Å². The molecular formula is C24H28N4O3S2. The van der Waals surface area contributed by atoms with Crippen LogP contribution in [-0.4, -0.2) is 67.8 Å². The Labute approximate surface area is 198 Å². The van der Waals surface area contributed by atoms with E-state index in [0.29, 0.717) is 30.3 Å². The van der Waals surface area contributed by atoms with E-state index in [9.17, 15) is 13.2 Å². The number of pyridine rings is 1. The summed E-state index contributed by atoms with van der Waals surface area (Å²) < 4.78 is 27.7. The van der Waals surface area contributed by atoms with Gasteiger partial charge in [-0.1, -0.05) is 24.3 Å². The highest BCUT2D eigenvalue weighted by molar-refractivity contribution is 7.91. The fraction of sp³-hybridized carbons (Fsp3) is 0.417. The van der Waals surface area contributed by atoms with Crippen LogP contribution in [0, 0.1) is 12.8 Å². The van der Waals surface area contributed by atoms with E-state index in [1.165, 1.54) is 15.6 Å². The van der Waals surface area contributed by atoms with E-state index in [0.717, 1.165) is 41.8 Å². The third kappa shape index (κ3) is 4.37. The van der Waals surface area contributed by atoms with Crippen LogP contribution in [0.25, 0.3) is 10.9 Å². The van der Waals surface area contributed by atoms with Crippen LogP contribution in [0.2, 0.25) is 0 Å². The molecule has 0 saturated carbocycles. The number of sulfonamides is 1. The highest BCUT2D eigenvalue weighted by Crippen LogP contribution is 2.30. The minimum atomic E-state index is -3.52. The molecule has 3 aromatic rings. The van der Waals surface area contributed by atoms with Gasteiger partial charge in [-0.2, -0.15) is 4.31 Å². The molecule has 0 N–H and O–H groups in total. The average molecular weight is 485 g/mol. The first-order valence-electron chi connectivity index (χ1n) is 11.4. The van der Waals surface area contributed by atoms with Crippen molar-refractivity contribution >= 4 is 43.9 Å². The maximum atomic E-state index is 13.3. The van der Waals surface area contributed by atoms with Crippen LogP contribution in [0.5, 0.6) is 0 Å². The van der Waals surface area contributed by atoms with Gasteiger partial charge >= 0.3 is 0 Å². The normalized spacial score (nSPS) is 20.3. The maximum absolute atomic E-state index is 13.3. The Morgan fingerprint density at radius 1 is 1.06 bits per heavy atom. The van der Waals surface area contributed by atoms with Gasteiger partial charge in [-0.3, -0.25) is 9.78 Å². The van der Waals surface area contributed by atoms with E-state index >= 15 is 0 Å². The number of rotatable bonds is 4. The van der Waals surface area contributed by atoms with Crippen LogP contribution in [0.3, 0.4) is 0 Å². The van der Waals surface area contributed by atoms with E-state index in [1.807, 2.05) is 30.0 Å². The Morgan fingerprint density at radius 2 is 1.85 bits per heavy atom. The molecule has 2 fully saturated rings. The second-order valence-corrected chi connectivity index (χ2v) is 11.9. The Morgan fingerprint density at radius 3 is 2.61 bits per heavy atom. The second-order valence-electron chi connectivity index (χ2n) is 8.75. The van der Waals surface area contributed by atoms with Crippen molar-refractivity contribution in [3.8, 4) is 0 Å². The number of benzene rings is 1. The topological polar surface area (TPSA) is 73.8 Å². The third-order valence-electron chi connectivity index (χ3n) is 6.58. The lowest BCUT2D eigenvalue weighted by molar-refractivity contribution is -0.137. The van der Waals surface area contributed by atoms with Crippen molar-refractivity contribution in [2.24, 2.45) is 5.92 Å². The zero-order valence-electron chi connectivity index (χ0n) is 18.7. The number of anilines is 1. The van der Waals surface area contributed by atoms with Crippen LogP contribution < -0.4 is 4.90 Å². The number of carbonyl (C=O) groups is 1. The standard InChI is InChI=1S/C24H28N4O3S2/c1-18-16-22(20-7-2-3-8-21(20)25-18)26-11-13-27(14-12-26)24(29)19-6-4-10-28(17-19)33(30,31)23-9-5-15-32-23/h2-3,5,7-9,15-16,19H,4,6,10-14,17H2,1H3. The molecule has 4 heterocycles. The summed E-state index contributed by atoms with van der Waals surface area (Å²) in [7, 11) is -3.52. The van der Waals surface area contributed by atoms with Crippen LogP contribution in [0.4, 0.5) is 5.69 Å². The third-order valence-corrected chi connectivity index (χ3v) is 9.82. The number of piperidine rings is 1. The van der Waals surface area contributed by atoms with Gasteiger partial charge < -0.3 is 9.80 Å². The molecule has 0 aliphatic carbocycles. The molecule has 7 nitrogen and oxygen atoms in total. The summed E-state index contributed by atoms with van der Waals surface area (Å²) in [6.45, 7) is 5.55. The van der Waals surface area contributed by atoms with Gasteiger partial charge in [-0.05, 0) is 43.3 Å². The first kappa shape index (κ1) is 22.3. The van der Waals surface area contributed by atoms with E-state index in [2.05, 4.69) is 22.0 Å². The molecule has 5 rings (SSSR count). The maximum Gasteiger partial charge on any atom is 0.252 e. The molecule has 1 atom stereocenters. The zero-order chi connectivity index (χ0) is 23.0. The second kappa shape index (κ2) is 9.04. The number of para-hydroxylation sites is 1. The molecule has 1 unspecified atom stereocenters.